The van der Waals surface area contributed by atoms with Crippen molar-refractivity contribution in [1.29, 1.82) is 0 Å². The Morgan fingerprint density at radius 1 is 1.33 bits per heavy atom. The minimum Gasteiger partial charge on any atom is -0.496 e. The highest BCUT2D eigenvalue weighted by Gasteiger charge is 2.21. The van der Waals surface area contributed by atoms with E-state index in [0.717, 1.165) is 5.56 Å². The maximum Gasteiger partial charge on any atom is 0.140 e. The lowest BCUT2D eigenvalue weighted by molar-refractivity contribution is -0.123. The van der Waals surface area contributed by atoms with Gasteiger partial charge in [-0.3, -0.25) is 4.79 Å². The highest BCUT2D eigenvalue weighted by molar-refractivity contribution is 6.30. The van der Waals surface area contributed by atoms with E-state index in [0.29, 0.717) is 23.6 Å². The summed E-state index contributed by atoms with van der Waals surface area (Å²) in [6, 6.07) is 5.28. The molecule has 0 unspecified atom stereocenters. The number of rotatable bonds is 6. The summed E-state index contributed by atoms with van der Waals surface area (Å²) in [6.07, 6.45) is 0.662. The monoisotopic (exact) mass is 270 g/mol. The van der Waals surface area contributed by atoms with Crippen molar-refractivity contribution >= 4 is 17.4 Å². The average Bonchev–Trinajstić information content (AvgIpc) is 2.28. The predicted molar refractivity (Wildman–Crippen MR) is 72.4 cm³/mol. The Morgan fingerprint density at radius 2 is 2.00 bits per heavy atom. The van der Waals surface area contributed by atoms with Gasteiger partial charge in [-0.15, -0.1) is 0 Å². The van der Waals surface area contributed by atoms with Crippen molar-refractivity contribution in [3.63, 3.8) is 0 Å². The third kappa shape index (κ3) is 4.31. The van der Waals surface area contributed by atoms with Crippen LogP contribution >= 0.6 is 11.6 Å². The van der Waals surface area contributed by atoms with Gasteiger partial charge >= 0.3 is 0 Å². The maximum atomic E-state index is 12.0. The molecule has 18 heavy (non-hydrogen) atoms. The Bertz CT molecular complexity index is 427. The van der Waals surface area contributed by atoms with Gasteiger partial charge in [0.25, 0.3) is 0 Å². The summed E-state index contributed by atoms with van der Waals surface area (Å²) >= 11 is 5.93. The van der Waals surface area contributed by atoms with E-state index in [1.807, 2.05) is 13.8 Å². The number of ketones is 1. The van der Waals surface area contributed by atoms with Gasteiger partial charge in [0, 0.05) is 30.5 Å². The molecular formula is C14H19ClO3. The number of benzene rings is 1. The average molecular weight is 271 g/mol. The number of Topliss-reactive ketones (excluding diaryl/α,β-unsaturated/α-hetero) is 1. The van der Waals surface area contributed by atoms with Gasteiger partial charge in [-0.2, -0.15) is 0 Å². The molecule has 1 aromatic carbocycles. The van der Waals surface area contributed by atoms with Crippen molar-refractivity contribution in [2.75, 3.05) is 14.2 Å². The Morgan fingerprint density at radius 3 is 2.56 bits per heavy atom. The second-order valence-electron chi connectivity index (χ2n) is 4.81. The molecule has 0 atom stereocenters. The molecule has 0 aliphatic heterocycles. The summed E-state index contributed by atoms with van der Waals surface area (Å²) in [5.41, 5.74) is 0.366. The molecule has 0 aromatic heterocycles. The normalized spacial score (nSPS) is 11.4. The molecule has 0 saturated carbocycles. The first-order chi connectivity index (χ1) is 8.38. The molecule has 1 aromatic rings. The minimum atomic E-state index is -0.442. The molecule has 0 radical (unpaired) electrons. The lowest BCUT2D eigenvalue weighted by Crippen LogP contribution is -2.27. The van der Waals surface area contributed by atoms with E-state index in [1.54, 1.807) is 32.4 Å². The Kier molecular flexibility index (Phi) is 5.17. The van der Waals surface area contributed by atoms with Crippen LogP contribution in [-0.2, 0) is 16.0 Å². The molecule has 0 fully saturated rings. The zero-order valence-electron chi connectivity index (χ0n) is 11.2. The van der Waals surface area contributed by atoms with Gasteiger partial charge in [0.05, 0.1) is 12.7 Å². The van der Waals surface area contributed by atoms with Crippen LogP contribution in [0.25, 0.3) is 0 Å². The van der Waals surface area contributed by atoms with E-state index in [4.69, 9.17) is 21.1 Å². The van der Waals surface area contributed by atoms with Crippen molar-refractivity contribution in [3.05, 3.63) is 28.8 Å². The third-order valence-electron chi connectivity index (χ3n) is 2.81. The van der Waals surface area contributed by atoms with Crippen LogP contribution < -0.4 is 4.74 Å². The van der Waals surface area contributed by atoms with Crippen LogP contribution in [0, 0.1) is 0 Å². The molecule has 0 heterocycles. The summed E-state index contributed by atoms with van der Waals surface area (Å²) in [7, 11) is 3.18. The Balaban J connectivity index is 2.78. The highest BCUT2D eigenvalue weighted by atomic mass is 35.5. The first-order valence-electron chi connectivity index (χ1n) is 5.77. The Hall–Kier alpha value is -1.06. The molecule has 0 N–H and O–H groups in total. The summed E-state index contributed by atoms with van der Waals surface area (Å²) in [6.45, 7) is 3.78. The zero-order chi connectivity index (χ0) is 13.8. The summed E-state index contributed by atoms with van der Waals surface area (Å²) in [4.78, 5) is 12.0. The molecule has 0 aliphatic rings. The topological polar surface area (TPSA) is 35.5 Å². The van der Waals surface area contributed by atoms with Crippen LogP contribution in [0.15, 0.2) is 18.2 Å². The van der Waals surface area contributed by atoms with Gasteiger partial charge < -0.3 is 9.47 Å². The Labute approximate surface area is 113 Å². The number of methoxy groups -OCH3 is 2. The van der Waals surface area contributed by atoms with E-state index in [1.165, 1.54) is 0 Å². The number of carbonyl (C=O) groups excluding carboxylic acids is 1. The molecule has 0 spiro atoms. The van der Waals surface area contributed by atoms with Crippen LogP contribution in [0.3, 0.4) is 0 Å². The van der Waals surface area contributed by atoms with E-state index in [-0.39, 0.29) is 5.78 Å². The molecular weight excluding hydrogens is 252 g/mol. The van der Waals surface area contributed by atoms with E-state index in [9.17, 15) is 4.79 Å². The summed E-state index contributed by atoms with van der Waals surface area (Å²) in [5.74, 6) is 0.783. The van der Waals surface area contributed by atoms with E-state index >= 15 is 0 Å². The molecule has 0 amide bonds. The molecule has 0 aliphatic carbocycles. The van der Waals surface area contributed by atoms with Gasteiger partial charge in [-0.1, -0.05) is 11.6 Å². The highest BCUT2D eigenvalue weighted by Crippen LogP contribution is 2.24. The largest absolute Gasteiger partial charge is 0.496 e. The van der Waals surface area contributed by atoms with Crippen molar-refractivity contribution < 1.29 is 14.3 Å². The second-order valence-corrected chi connectivity index (χ2v) is 5.25. The number of halogens is 1. The van der Waals surface area contributed by atoms with Gasteiger partial charge in [-0.25, -0.2) is 0 Å². The van der Waals surface area contributed by atoms with Crippen molar-refractivity contribution in [1.82, 2.24) is 0 Å². The molecule has 1 rings (SSSR count). The maximum absolute atomic E-state index is 12.0. The van der Waals surface area contributed by atoms with Crippen LogP contribution in [0.4, 0.5) is 0 Å². The van der Waals surface area contributed by atoms with Gasteiger partial charge in [0.2, 0.25) is 0 Å². The number of hydrogen-bond acceptors (Lipinski definition) is 3. The van der Waals surface area contributed by atoms with Crippen LogP contribution in [-0.4, -0.2) is 25.6 Å². The number of carbonyl (C=O) groups is 1. The van der Waals surface area contributed by atoms with Gasteiger partial charge in [0.1, 0.15) is 11.5 Å². The lowest BCUT2D eigenvalue weighted by Gasteiger charge is -2.21. The summed E-state index contributed by atoms with van der Waals surface area (Å²) in [5, 5.41) is 0.601. The molecule has 4 heteroatoms. The lowest BCUT2D eigenvalue weighted by atomic mass is 9.97. The van der Waals surface area contributed by atoms with Gasteiger partial charge in [-0.05, 0) is 32.0 Å². The molecule has 3 nitrogen and oxygen atoms in total. The fourth-order valence-corrected chi connectivity index (χ4v) is 1.90. The van der Waals surface area contributed by atoms with Crippen molar-refractivity contribution in [2.24, 2.45) is 0 Å². The van der Waals surface area contributed by atoms with Crippen LogP contribution in [0.5, 0.6) is 5.75 Å². The van der Waals surface area contributed by atoms with E-state index < -0.39 is 5.60 Å². The zero-order valence-corrected chi connectivity index (χ0v) is 12.0. The first kappa shape index (κ1) is 15.0. The predicted octanol–water partition coefficient (Wildman–Crippen LogP) is 3.28. The van der Waals surface area contributed by atoms with Crippen LogP contribution in [0.2, 0.25) is 5.02 Å². The minimum absolute atomic E-state index is 0.0995. The quantitative estimate of drug-likeness (QED) is 0.796. The smallest absolute Gasteiger partial charge is 0.140 e. The second kappa shape index (κ2) is 6.21. The van der Waals surface area contributed by atoms with Crippen molar-refractivity contribution in [3.8, 4) is 5.75 Å². The molecule has 0 bridgehead atoms. The number of hydrogen-bond donors (Lipinski definition) is 0. The number of ether oxygens (including phenoxy) is 2. The fourth-order valence-electron chi connectivity index (χ4n) is 1.71. The molecule has 0 saturated heterocycles. The third-order valence-corrected chi connectivity index (χ3v) is 3.04. The van der Waals surface area contributed by atoms with Crippen LogP contribution in [0.1, 0.15) is 25.8 Å². The van der Waals surface area contributed by atoms with Gasteiger partial charge in [0.15, 0.2) is 0 Å². The first-order valence-corrected chi connectivity index (χ1v) is 6.15. The van der Waals surface area contributed by atoms with Crippen molar-refractivity contribution in [2.45, 2.75) is 32.3 Å². The fraction of sp³-hybridized carbons (Fsp3) is 0.500. The molecule has 100 valence electrons. The summed E-state index contributed by atoms with van der Waals surface area (Å²) < 4.78 is 10.5. The van der Waals surface area contributed by atoms with E-state index in [2.05, 4.69) is 0 Å². The SMILES string of the molecule is COc1ccc(Cl)cc1CC(=O)CC(C)(C)OC. The standard InChI is InChI=1S/C14H19ClO3/c1-14(2,18-4)9-12(16)8-10-7-11(15)5-6-13(10)17-3/h5-7H,8-9H2,1-4H3.